The van der Waals surface area contributed by atoms with E-state index in [-0.39, 0.29) is 5.78 Å². The van der Waals surface area contributed by atoms with Gasteiger partial charge < -0.3 is 0 Å². The Morgan fingerprint density at radius 3 is 2.67 bits per heavy atom. The molecule has 15 heavy (non-hydrogen) atoms. The Labute approximate surface area is 94.9 Å². The third kappa shape index (κ3) is 2.21. The molecule has 0 bridgehead atoms. The van der Waals surface area contributed by atoms with Crippen LogP contribution in [0.15, 0.2) is 53.0 Å². The van der Waals surface area contributed by atoms with E-state index in [2.05, 4.69) is 12.6 Å². The number of allylic oxidation sites excluding steroid dienone is 4. The second-order valence-electron chi connectivity index (χ2n) is 3.49. The van der Waals surface area contributed by atoms with Gasteiger partial charge in [0.25, 0.3) is 0 Å². The number of hydrogen-bond donors (Lipinski definition) is 1. The van der Waals surface area contributed by atoms with Gasteiger partial charge in [0.2, 0.25) is 0 Å². The molecule has 0 heterocycles. The summed E-state index contributed by atoms with van der Waals surface area (Å²) in [6, 6.07) is 7.39. The van der Waals surface area contributed by atoms with Crippen LogP contribution >= 0.6 is 12.6 Å². The quantitative estimate of drug-likeness (QED) is 0.592. The Morgan fingerprint density at radius 1 is 1.20 bits per heavy atom. The molecule has 1 aliphatic rings. The minimum atomic E-state index is 0.0663. The number of carbonyl (C=O) groups excluding carboxylic acids is 1. The van der Waals surface area contributed by atoms with Crippen molar-refractivity contribution in [2.75, 3.05) is 0 Å². The summed E-state index contributed by atoms with van der Waals surface area (Å²) in [4.78, 5) is 12.8. The van der Waals surface area contributed by atoms with Gasteiger partial charge in [-0.15, -0.1) is 12.6 Å². The van der Waals surface area contributed by atoms with Crippen LogP contribution in [0.1, 0.15) is 23.2 Å². The average Bonchev–Trinajstić information content (AvgIpc) is 2.30. The van der Waals surface area contributed by atoms with Crippen LogP contribution in [0.25, 0.3) is 0 Å². The SMILES string of the molecule is O=C(C1=CCCC=C1)c1ccccc1S. The molecule has 1 nitrogen and oxygen atoms in total. The van der Waals surface area contributed by atoms with E-state index in [0.717, 1.165) is 23.3 Å². The first kappa shape index (κ1) is 10.2. The normalized spacial score (nSPS) is 14.9. The monoisotopic (exact) mass is 216 g/mol. The molecule has 0 fully saturated rings. The zero-order chi connectivity index (χ0) is 10.7. The van der Waals surface area contributed by atoms with Crippen molar-refractivity contribution in [1.29, 1.82) is 0 Å². The Morgan fingerprint density at radius 2 is 2.00 bits per heavy atom. The van der Waals surface area contributed by atoms with Crippen LogP contribution in [0.5, 0.6) is 0 Å². The van der Waals surface area contributed by atoms with E-state index in [4.69, 9.17) is 0 Å². The fraction of sp³-hybridized carbons (Fsp3) is 0.154. The average molecular weight is 216 g/mol. The Balaban J connectivity index is 2.32. The fourth-order valence-corrected chi connectivity index (χ4v) is 1.87. The summed E-state index contributed by atoms with van der Waals surface area (Å²) in [6.45, 7) is 0. The number of benzene rings is 1. The molecule has 0 saturated heterocycles. The smallest absolute Gasteiger partial charge is 0.193 e. The number of hydrogen-bond acceptors (Lipinski definition) is 2. The minimum absolute atomic E-state index is 0.0663. The molecule has 2 rings (SSSR count). The molecule has 0 unspecified atom stereocenters. The largest absolute Gasteiger partial charge is 0.289 e. The van der Waals surface area contributed by atoms with Crippen LogP contribution in [0.4, 0.5) is 0 Å². The molecule has 0 N–H and O–H groups in total. The highest BCUT2D eigenvalue weighted by Gasteiger charge is 2.13. The van der Waals surface area contributed by atoms with E-state index in [0.29, 0.717) is 5.56 Å². The Bertz CT molecular complexity index is 444. The number of thiol groups is 1. The summed E-state index contributed by atoms with van der Waals surface area (Å²) >= 11 is 4.28. The van der Waals surface area contributed by atoms with Gasteiger partial charge >= 0.3 is 0 Å². The van der Waals surface area contributed by atoms with Gasteiger partial charge in [-0.3, -0.25) is 4.79 Å². The molecule has 0 spiro atoms. The molecular weight excluding hydrogens is 204 g/mol. The van der Waals surface area contributed by atoms with E-state index >= 15 is 0 Å². The second-order valence-corrected chi connectivity index (χ2v) is 3.97. The third-order valence-electron chi connectivity index (χ3n) is 2.41. The first-order chi connectivity index (χ1) is 7.29. The van der Waals surface area contributed by atoms with Gasteiger partial charge in [-0.2, -0.15) is 0 Å². The first-order valence-electron chi connectivity index (χ1n) is 4.98. The fourth-order valence-electron chi connectivity index (χ4n) is 1.60. The van der Waals surface area contributed by atoms with E-state index in [1.807, 2.05) is 42.5 Å². The second kappa shape index (κ2) is 4.49. The highest BCUT2D eigenvalue weighted by molar-refractivity contribution is 7.80. The molecule has 0 aliphatic heterocycles. The molecule has 1 aliphatic carbocycles. The number of carbonyl (C=O) groups is 1. The van der Waals surface area contributed by atoms with Gasteiger partial charge in [-0.25, -0.2) is 0 Å². The lowest BCUT2D eigenvalue weighted by Gasteiger charge is -2.07. The summed E-state index contributed by atoms with van der Waals surface area (Å²) in [5.74, 6) is 0.0663. The van der Waals surface area contributed by atoms with Crippen molar-refractivity contribution in [3.05, 3.63) is 53.6 Å². The van der Waals surface area contributed by atoms with Gasteiger partial charge in [0.15, 0.2) is 5.78 Å². The van der Waals surface area contributed by atoms with Gasteiger partial charge in [-0.05, 0) is 25.0 Å². The lowest BCUT2D eigenvalue weighted by molar-refractivity contribution is 0.103. The first-order valence-corrected chi connectivity index (χ1v) is 5.43. The molecule has 0 atom stereocenters. The molecule has 1 aromatic carbocycles. The molecule has 2 heteroatoms. The van der Waals surface area contributed by atoms with Crippen LogP contribution in [0.3, 0.4) is 0 Å². The number of ketones is 1. The number of rotatable bonds is 2. The number of Topliss-reactive ketones (excluding diaryl/α,β-unsaturated/α-hetero) is 1. The highest BCUT2D eigenvalue weighted by atomic mass is 32.1. The Kier molecular flexibility index (Phi) is 3.07. The van der Waals surface area contributed by atoms with Crippen LogP contribution in [-0.4, -0.2) is 5.78 Å². The summed E-state index contributed by atoms with van der Waals surface area (Å²) in [5.41, 5.74) is 1.46. The van der Waals surface area contributed by atoms with Crippen molar-refractivity contribution >= 4 is 18.4 Å². The molecule has 0 amide bonds. The van der Waals surface area contributed by atoms with Crippen molar-refractivity contribution in [2.45, 2.75) is 17.7 Å². The molecule has 76 valence electrons. The molecule has 0 radical (unpaired) electrons. The van der Waals surface area contributed by atoms with Crippen LogP contribution in [0, 0.1) is 0 Å². The van der Waals surface area contributed by atoms with Crippen molar-refractivity contribution in [2.24, 2.45) is 0 Å². The predicted molar refractivity (Wildman–Crippen MR) is 64.5 cm³/mol. The summed E-state index contributed by atoms with van der Waals surface area (Å²) in [7, 11) is 0. The summed E-state index contributed by atoms with van der Waals surface area (Å²) in [6.07, 6.45) is 7.90. The standard InChI is InChI=1S/C13H12OS/c14-13(10-6-2-1-3-7-10)11-8-4-5-9-12(11)15/h2,4-9,15H,1,3H2. The van der Waals surface area contributed by atoms with Crippen LogP contribution < -0.4 is 0 Å². The van der Waals surface area contributed by atoms with E-state index < -0.39 is 0 Å². The zero-order valence-corrected chi connectivity index (χ0v) is 9.21. The van der Waals surface area contributed by atoms with Gasteiger partial charge in [0, 0.05) is 16.0 Å². The summed E-state index contributed by atoms with van der Waals surface area (Å²) in [5, 5.41) is 0. The zero-order valence-electron chi connectivity index (χ0n) is 8.31. The molecular formula is C13H12OS. The lowest BCUT2D eigenvalue weighted by atomic mass is 9.98. The van der Waals surface area contributed by atoms with Gasteiger partial charge in [0.05, 0.1) is 0 Å². The van der Waals surface area contributed by atoms with Crippen molar-refractivity contribution in [3.8, 4) is 0 Å². The molecule has 0 saturated carbocycles. The maximum absolute atomic E-state index is 12.1. The van der Waals surface area contributed by atoms with Crippen molar-refractivity contribution in [1.82, 2.24) is 0 Å². The molecule has 1 aromatic rings. The van der Waals surface area contributed by atoms with Crippen molar-refractivity contribution in [3.63, 3.8) is 0 Å². The minimum Gasteiger partial charge on any atom is -0.289 e. The van der Waals surface area contributed by atoms with Crippen LogP contribution in [0.2, 0.25) is 0 Å². The molecule has 0 aromatic heterocycles. The Hall–Kier alpha value is -1.28. The maximum atomic E-state index is 12.1. The van der Waals surface area contributed by atoms with Gasteiger partial charge in [-0.1, -0.05) is 30.4 Å². The van der Waals surface area contributed by atoms with Crippen LogP contribution in [-0.2, 0) is 0 Å². The predicted octanol–water partition coefficient (Wildman–Crippen LogP) is 3.43. The van der Waals surface area contributed by atoms with E-state index in [1.54, 1.807) is 0 Å². The van der Waals surface area contributed by atoms with E-state index in [1.165, 1.54) is 0 Å². The van der Waals surface area contributed by atoms with E-state index in [9.17, 15) is 4.79 Å². The lowest BCUT2D eigenvalue weighted by Crippen LogP contribution is -2.04. The summed E-state index contributed by atoms with van der Waals surface area (Å²) < 4.78 is 0. The van der Waals surface area contributed by atoms with Gasteiger partial charge in [0.1, 0.15) is 0 Å². The third-order valence-corrected chi connectivity index (χ3v) is 2.80. The van der Waals surface area contributed by atoms with Crippen molar-refractivity contribution < 1.29 is 4.79 Å². The highest BCUT2D eigenvalue weighted by Crippen LogP contribution is 2.20. The maximum Gasteiger partial charge on any atom is 0.193 e. The topological polar surface area (TPSA) is 17.1 Å².